The molecular weight excluding hydrogens is 447 g/mol. The van der Waals surface area contributed by atoms with E-state index in [1.807, 2.05) is 0 Å². The lowest BCUT2D eigenvalue weighted by Crippen LogP contribution is -2.37. The lowest BCUT2D eigenvalue weighted by atomic mass is 9.97. The van der Waals surface area contributed by atoms with Crippen molar-refractivity contribution in [3.8, 4) is 11.5 Å². The predicted molar refractivity (Wildman–Crippen MR) is 123 cm³/mol. The number of carbonyl (C=O) groups excluding carboxylic acids is 1. The number of hydrogen-bond acceptors (Lipinski definition) is 8. The Morgan fingerprint density at radius 1 is 1.21 bits per heavy atom. The summed E-state index contributed by atoms with van der Waals surface area (Å²) in [6.45, 7) is 6.10. The van der Waals surface area contributed by atoms with Crippen LogP contribution in [0.1, 0.15) is 50.0 Å². The molecule has 0 saturated carbocycles. The number of aliphatic hydroxyl groups excluding tert-OH is 1. The minimum absolute atomic E-state index is 0.110. The molecule has 0 aliphatic carbocycles. The van der Waals surface area contributed by atoms with E-state index in [1.54, 1.807) is 32.1 Å². The standard InChI is InChI=1S/C25H33FO8/c1-15-25(4,26)11-10-18(27)22-19(33-24(2,3)34-22)9-7-8-16-12-17(30-6)13-20(31-14-29-5)21(16)23(28)32-15/h7-8,10-13,15,18-19,22,27H,9,14H2,1-6H3/b8-7?,11-10-. The highest BCUT2D eigenvalue weighted by Gasteiger charge is 2.44. The predicted octanol–water partition coefficient (Wildman–Crippen LogP) is 3.81. The number of benzene rings is 1. The highest BCUT2D eigenvalue weighted by atomic mass is 19.1. The summed E-state index contributed by atoms with van der Waals surface area (Å²) in [6, 6.07) is 3.19. The van der Waals surface area contributed by atoms with Crippen LogP contribution in [0.25, 0.3) is 6.08 Å². The van der Waals surface area contributed by atoms with E-state index in [0.717, 1.165) is 0 Å². The second-order valence-corrected chi connectivity index (χ2v) is 8.97. The van der Waals surface area contributed by atoms with Crippen molar-refractivity contribution in [1.29, 1.82) is 0 Å². The minimum atomic E-state index is -2.07. The number of hydrogen-bond donors (Lipinski definition) is 1. The first-order valence-corrected chi connectivity index (χ1v) is 11.1. The summed E-state index contributed by atoms with van der Waals surface area (Å²) in [6.07, 6.45) is 2.87. The Morgan fingerprint density at radius 3 is 2.62 bits per heavy atom. The van der Waals surface area contributed by atoms with Crippen LogP contribution in [-0.4, -0.2) is 68.0 Å². The lowest BCUT2D eigenvalue weighted by molar-refractivity contribution is -0.152. The maximum absolute atomic E-state index is 15.4. The molecule has 3 rings (SSSR count). The van der Waals surface area contributed by atoms with Gasteiger partial charge in [0.05, 0.1) is 13.2 Å². The highest BCUT2D eigenvalue weighted by Crippen LogP contribution is 2.35. The molecule has 2 aliphatic rings. The number of rotatable bonds is 4. The molecule has 1 N–H and O–H groups in total. The number of halogens is 1. The number of aliphatic hydroxyl groups is 1. The summed E-state index contributed by atoms with van der Waals surface area (Å²) < 4.78 is 48.7. The van der Waals surface area contributed by atoms with Crippen LogP contribution in [0.3, 0.4) is 0 Å². The third kappa shape index (κ3) is 5.96. The maximum Gasteiger partial charge on any atom is 0.342 e. The van der Waals surface area contributed by atoms with Crippen molar-refractivity contribution < 1.29 is 42.7 Å². The Morgan fingerprint density at radius 2 is 1.94 bits per heavy atom. The zero-order valence-corrected chi connectivity index (χ0v) is 20.4. The first kappa shape index (κ1) is 26.2. The van der Waals surface area contributed by atoms with Crippen molar-refractivity contribution in [3.63, 3.8) is 0 Å². The maximum atomic E-state index is 15.4. The molecule has 2 aliphatic heterocycles. The van der Waals surface area contributed by atoms with Crippen LogP contribution in [0, 0.1) is 0 Å². The minimum Gasteiger partial charge on any atom is -0.497 e. The molecule has 1 aromatic rings. The van der Waals surface area contributed by atoms with Crippen molar-refractivity contribution in [2.45, 2.75) is 70.0 Å². The van der Waals surface area contributed by atoms with E-state index >= 15 is 4.39 Å². The molecule has 5 unspecified atom stereocenters. The number of fused-ring (bicyclic) bond motifs is 2. The number of alkyl halides is 1. The fourth-order valence-electron chi connectivity index (χ4n) is 3.85. The molecule has 0 radical (unpaired) electrons. The summed E-state index contributed by atoms with van der Waals surface area (Å²) in [5, 5.41) is 10.7. The molecule has 0 amide bonds. The first-order chi connectivity index (χ1) is 16.0. The quantitative estimate of drug-likeness (QED) is 0.395. The van der Waals surface area contributed by atoms with Gasteiger partial charge in [0.1, 0.15) is 35.4 Å². The van der Waals surface area contributed by atoms with Gasteiger partial charge in [-0.05, 0) is 51.8 Å². The van der Waals surface area contributed by atoms with E-state index in [-0.39, 0.29) is 18.1 Å². The number of ether oxygens (including phenoxy) is 6. The molecule has 188 valence electrons. The van der Waals surface area contributed by atoms with Crippen molar-refractivity contribution in [3.05, 3.63) is 41.5 Å². The van der Waals surface area contributed by atoms with Crippen LogP contribution < -0.4 is 9.47 Å². The fraction of sp³-hybridized carbons (Fsp3) is 0.560. The van der Waals surface area contributed by atoms with E-state index in [4.69, 9.17) is 28.4 Å². The smallest absolute Gasteiger partial charge is 0.342 e. The molecule has 0 aromatic heterocycles. The van der Waals surface area contributed by atoms with Crippen molar-refractivity contribution in [1.82, 2.24) is 0 Å². The summed E-state index contributed by atoms with van der Waals surface area (Å²) in [5.74, 6) is -1.06. The average molecular weight is 481 g/mol. The number of methoxy groups -OCH3 is 2. The molecular formula is C25H33FO8. The second kappa shape index (κ2) is 10.4. The van der Waals surface area contributed by atoms with Gasteiger partial charge >= 0.3 is 5.97 Å². The second-order valence-electron chi connectivity index (χ2n) is 8.97. The number of esters is 1. The van der Waals surface area contributed by atoms with Crippen LogP contribution in [0.4, 0.5) is 4.39 Å². The van der Waals surface area contributed by atoms with E-state index in [2.05, 4.69) is 0 Å². The van der Waals surface area contributed by atoms with Gasteiger partial charge in [0.15, 0.2) is 18.2 Å². The van der Waals surface area contributed by atoms with Gasteiger partial charge in [0.25, 0.3) is 0 Å². The van der Waals surface area contributed by atoms with Crippen LogP contribution >= 0.6 is 0 Å². The summed E-state index contributed by atoms with van der Waals surface area (Å²) in [5.41, 5.74) is -1.51. The van der Waals surface area contributed by atoms with Gasteiger partial charge < -0.3 is 33.5 Å². The normalized spacial score (nSPS) is 32.2. The first-order valence-electron chi connectivity index (χ1n) is 11.1. The van der Waals surface area contributed by atoms with Crippen LogP contribution in [0.2, 0.25) is 0 Å². The Labute approximate surface area is 199 Å². The zero-order chi connectivity index (χ0) is 25.1. The SMILES string of the molecule is COCOc1cc(OC)cc2c1C(=O)OC(C)C(C)(F)/C=C\C(O)C1OC(C)(C)OC1CC=C2. The lowest BCUT2D eigenvalue weighted by Gasteiger charge is -2.26. The van der Waals surface area contributed by atoms with Crippen molar-refractivity contribution in [2.24, 2.45) is 0 Å². The molecule has 5 atom stereocenters. The fourth-order valence-corrected chi connectivity index (χ4v) is 3.85. The van der Waals surface area contributed by atoms with Gasteiger partial charge in [-0.2, -0.15) is 0 Å². The number of cyclic esters (lactones) is 1. The Kier molecular flexibility index (Phi) is 8.02. The highest BCUT2D eigenvalue weighted by molar-refractivity contribution is 5.97. The van der Waals surface area contributed by atoms with Crippen molar-refractivity contribution in [2.75, 3.05) is 21.0 Å². The van der Waals surface area contributed by atoms with E-state index < -0.39 is 41.8 Å². The van der Waals surface area contributed by atoms with Gasteiger partial charge in [0.2, 0.25) is 0 Å². The topological polar surface area (TPSA) is 92.7 Å². The number of carbonyl (C=O) groups is 1. The molecule has 34 heavy (non-hydrogen) atoms. The van der Waals surface area contributed by atoms with Crippen LogP contribution in [0.15, 0.2) is 30.4 Å². The van der Waals surface area contributed by atoms with Crippen LogP contribution in [0.5, 0.6) is 11.5 Å². The Hall–Kier alpha value is -2.46. The zero-order valence-electron chi connectivity index (χ0n) is 20.4. The third-order valence-electron chi connectivity index (χ3n) is 5.80. The molecule has 1 fully saturated rings. The van der Waals surface area contributed by atoms with Gasteiger partial charge in [-0.3, -0.25) is 0 Å². The van der Waals surface area contributed by atoms with Crippen molar-refractivity contribution >= 4 is 12.0 Å². The Balaban J connectivity index is 2.10. The van der Waals surface area contributed by atoms with E-state index in [0.29, 0.717) is 17.7 Å². The van der Waals surface area contributed by atoms with Gasteiger partial charge in [-0.25, -0.2) is 9.18 Å². The monoisotopic (exact) mass is 480 g/mol. The summed E-state index contributed by atoms with van der Waals surface area (Å²) >= 11 is 0. The van der Waals surface area contributed by atoms with E-state index in [9.17, 15) is 9.90 Å². The molecule has 0 spiro atoms. The molecule has 1 aromatic carbocycles. The average Bonchev–Trinajstić information content (AvgIpc) is 3.09. The molecule has 0 bridgehead atoms. The molecule has 9 heteroatoms. The third-order valence-corrected chi connectivity index (χ3v) is 5.80. The Bertz CT molecular complexity index is 939. The summed E-state index contributed by atoms with van der Waals surface area (Å²) in [7, 11) is 2.95. The van der Waals surface area contributed by atoms with Gasteiger partial charge in [-0.1, -0.05) is 18.2 Å². The molecule has 2 heterocycles. The van der Waals surface area contributed by atoms with Crippen LogP contribution in [-0.2, 0) is 18.9 Å². The van der Waals surface area contributed by atoms with Gasteiger partial charge in [-0.15, -0.1) is 0 Å². The largest absolute Gasteiger partial charge is 0.497 e. The molecule has 1 saturated heterocycles. The van der Waals surface area contributed by atoms with E-state index in [1.165, 1.54) is 46.3 Å². The van der Waals surface area contributed by atoms with Gasteiger partial charge in [0, 0.05) is 13.2 Å². The molecule has 8 nitrogen and oxygen atoms in total. The summed E-state index contributed by atoms with van der Waals surface area (Å²) in [4.78, 5) is 13.2.